The molecule has 2 aromatic carbocycles. The van der Waals surface area contributed by atoms with Gasteiger partial charge in [-0.1, -0.05) is 0 Å². The molecule has 24 heavy (non-hydrogen) atoms. The van der Waals surface area contributed by atoms with Gasteiger partial charge in [-0.3, -0.25) is 0 Å². The quantitative estimate of drug-likeness (QED) is 0.513. The molecule has 0 fully saturated rings. The first-order valence-corrected chi connectivity index (χ1v) is 17.5. The number of hydrogen-bond acceptors (Lipinski definition) is 4. The van der Waals surface area contributed by atoms with Gasteiger partial charge in [-0.2, -0.15) is 0 Å². The van der Waals surface area contributed by atoms with Gasteiger partial charge in [0.15, 0.2) is 0 Å². The Balaban J connectivity index is 1.56. The fourth-order valence-electron chi connectivity index (χ4n) is 2.52. The van der Waals surface area contributed by atoms with Crippen LogP contribution < -0.4 is 7.22 Å². The van der Waals surface area contributed by atoms with Crippen molar-refractivity contribution in [3.8, 4) is 0 Å². The Morgan fingerprint density at radius 3 is 1.54 bits per heavy atom. The minimum atomic E-state index is -0.271. The molecule has 0 saturated carbocycles. The second-order valence-electron chi connectivity index (χ2n) is 5.23. The molecule has 0 aliphatic carbocycles. The predicted molar refractivity (Wildman–Crippen MR) is 98.4 cm³/mol. The van der Waals surface area contributed by atoms with Crippen molar-refractivity contribution < 1.29 is 9.47 Å². The molecule has 0 aromatic heterocycles. The van der Waals surface area contributed by atoms with Gasteiger partial charge in [0.2, 0.25) is 0 Å². The van der Waals surface area contributed by atoms with Crippen molar-refractivity contribution in [2.24, 2.45) is 9.98 Å². The number of rotatable bonds is 5. The first-order valence-electron chi connectivity index (χ1n) is 7.79. The molecule has 0 unspecified atom stereocenters. The molecular weight excluding hydrogens is 531 g/mol. The van der Waals surface area contributed by atoms with Gasteiger partial charge in [0.1, 0.15) is 0 Å². The van der Waals surface area contributed by atoms with Crippen LogP contribution in [0.25, 0.3) is 0 Å². The van der Waals surface area contributed by atoms with Crippen LogP contribution in [0.2, 0.25) is 0 Å². The Hall–Kier alpha value is -1.04. The fourth-order valence-corrected chi connectivity index (χ4v) is 14.2. The normalized spacial score (nSPS) is 16.3. The van der Waals surface area contributed by atoms with Crippen LogP contribution in [0.4, 0.5) is 0 Å². The van der Waals surface area contributed by atoms with Crippen LogP contribution in [0.1, 0.15) is 11.1 Å². The van der Waals surface area contributed by atoms with E-state index in [1.807, 2.05) is 0 Å². The van der Waals surface area contributed by atoms with E-state index in [-0.39, 0.29) is 34.1 Å². The van der Waals surface area contributed by atoms with Gasteiger partial charge >= 0.3 is 159 Å². The molecule has 2 aliphatic rings. The monoisotopic (exact) mass is 552 g/mol. The third kappa shape index (κ3) is 3.63. The van der Waals surface area contributed by atoms with E-state index in [9.17, 15) is 0 Å². The Morgan fingerprint density at radius 1 is 0.667 bits per heavy atom. The van der Waals surface area contributed by atoms with Crippen molar-refractivity contribution in [1.29, 1.82) is 0 Å². The molecule has 2 aromatic rings. The van der Waals surface area contributed by atoms with Crippen molar-refractivity contribution in [1.82, 2.24) is 0 Å². The van der Waals surface area contributed by atoms with Crippen LogP contribution in [-0.2, 0) is 9.47 Å². The van der Waals surface area contributed by atoms with Gasteiger partial charge in [0.05, 0.1) is 0 Å². The third-order valence-corrected chi connectivity index (χ3v) is 15.4. The van der Waals surface area contributed by atoms with Crippen LogP contribution in [0.5, 0.6) is 0 Å². The van der Waals surface area contributed by atoms with Crippen LogP contribution in [0, 0.1) is 0 Å². The van der Waals surface area contributed by atoms with Gasteiger partial charge in [0, 0.05) is 0 Å². The van der Waals surface area contributed by atoms with Gasteiger partial charge < -0.3 is 0 Å². The minimum absolute atomic E-state index is 0.271. The summed E-state index contributed by atoms with van der Waals surface area (Å²) in [4.78, 5) is 8.99. The topological polar surface area (TPSA) is 43.2 Å². The van der Waals surface area contributed by atoms with Crippen molar-refractivity contribution in [2.75, 3.05) is 26.3 Å². The summed E-state index contributed by atoms with van der Waals surface area (Å²) in [6, 6.07) is 17.2. The zero-order chi connectivity index (χ0) is 16.2. The molecule has 2 heterocycles. The zero-order valence-electron chi connectivity index (χ0n) is 13.0. The average molecular weight is 548 g/mol. The van der Waals surface area contributed by atoms with E-state index < -0.39 is 0 Å². The molecule has 0 radical (unpaired) electrons. The summed E-state index contributed by atoms with van der Waals surface area (Å²) in [6.45, 7) is 2.98. The number of aliphatic imine (C=N–C) groups is 2. The molecular formula is C18H16N2O2Te2. The van der Waals surface area contributed by atoms with Crippen molar-refractivity contribution in [3.63, 3.8) is 0 Å². The molecule has 122 valence electrons. The van der Waals surface area contributed by atoms with Crippen molar-refractivity contribution in [3.05, 3.63) is 59.7 Å². The van der Waals surface area contributed by atoms with Gasteiger partial charge in [-0.25, -0.2) is 0 Å². The molecule has 0 atom stereocenters. The van der Waals surface area contributed by atoms with Crippen LogP contribution in [0.3, 0.4) is 0 Å². The maximum absolute atomic E-state index is 5.68. The molecule has 6 heteroatoms. The second-order valence-corrected chi connectivity index (χ2v) is 15.1. The molecule has 0 saturated heterocycles. The summed E-state index contributed by atoms with van der Waals surface area (Å²) in [7, 11) is 0. The summed E-state index contributed by atoms with van der Waals surface area (Å²) < 4.78 is 14.3. The summed E-state index contributed by atoms with van der Waals surface area (Å²) >= 11 is -0.541. The summed E-state index contributed by atoms with van der Waals surface area (Å²) in [5.41, 5.74) is 2.41. The first kappa shape index (κ1) is 16.4. The van der Waals surface area contributed by atoms with E-state index in [1.54, 1.807) is 0 Å². The fraction of sp³-hybridized carbons (Fsp3) is 0.222. The molecule has 0 spiro atoms. The molecule has 4 rings (SSSR count). The Bertz CT molecular complexity index is 738. The van der Waals surface area contributed by atoms with Gasteiger partial charge in [-0.05, 0) is 0 Å². The number of benzene rings is 2. The Labute approximate surface area is 157 Å². The standard InChI is InChI=1S/C18H16N2O2Te2/c1-3-7-15(13(5-1)17-19-9-11-21-17)23-24-16-8-4-2-6-14(16)18-20-10-12-22-18/h1-8H,9-12H2. The number of nitrogens with zero attached hydrogens (tertiary/aromatic N) is 2. The van der Waals surface area contributed by atoms with E-state index >= 15 is 0 Å². The first-order chi connectivity index (χ1) is 11.9. The van der Waals surface area contributed by atoms with Crippen molar-refractivity contribution in [2.45, 2.75) is 0 Å². The summed E-state index contributed by atoms with van der Waals surface area (Å²) in [6.07, 6.45) is 0. The van der Waals surface area contributed by atoms with E-state index in [0.717, 1.165) is 24.9 Å². The maximum atomic E-state index is 5.68. The molecule has 0 bridgehead atoms. The average Bonchev–Trinajstić information content (AvgIpc) is 3.34. The molecule has 0 N–H and O–H groups in total. The van der Waals surface area contributed by atoms with E-state index in [4.69, 9.17) is 9.47 Å². The summed E-state index contributed by atoms with van der Waals surface area (Å²) in [5.74, 6) is 1.67. The van der Waals surface area contributed by atoms with Gasteiger partial charge in [-0.15, -0.1) is 0 Å². The molecule has 4 nitrogen and oxygen atoms in total. The Morgan fingerprint density at radius 2 is 1.12 bits per heavy atom. The van der Waals surface area contributed by atoms with Crippen LogP contribution in [0.15, 0.2) is 58.5 Å². The van der Waals surface area contributed by atoms with E-state index in [2.05, 4.69) is 58.5 Å². The van der Waals surface area contributed by atoms with Crippen molar-refractivity contribution >= 4 is 53.1 Å². The zero-order valence-corrected chi connectivity index (χ0v) is 17.6. The van der Waals surface area contributed by atoms with Crippen LogP contribution in [-0.4, -0.2) is 72.2 Å². The SMILES string of the molecule is c1ccc(C2=NCCO2)c([Te][Te]c2ccccc2C2=NCCO2)c1. The van der Waals surface area contributed by atoms with Crippen LogP contribution >= 0.6 is 0 Å². The van der Waals surface area contributed by atoms with Gasteiger partial charge in [0.25, 0.3) is 0 Å². The second kappa shape index (κ2) is 7.89. The predicted octanol–water partition coefficient (Wildman–Crippen LogP) is 0.514. The number of ether oxygens (including phenoxy) is 2. The van der Waals surface area contributed by atoms with E-state index in [0.29, 0.717) is 13.2 Å². The Kier molecular flexibility index (Phi) is 5.40. The molecule has 2 aliphatic heterocycles. The molecule has 0 amide bonds. The van der Waals surface area contributed by atoms with E-state index in [1.165, 1.54) is 18.3 Å². The third-order valence-electron chi connectivity index (χ3n) is 3.63. The summed E-state index contributed by atoms with van der Waals surface area (Å²) in [5, 5.41) is 0. The number of hydrogen-bond donors (Lipinski definition) is 0.